The van der Waals surface area contributed by atoms with Crippen LogP contribution in [0.2, 0.25) is 0 Å². The maximum absolute atomic E-state index is 14.4. The Hall–Kier alpha value is -3.70. The first-order valence-corrected chi connectivity index (χ1v) is 11.7. The molecule has 3 nitrogen and oxygen atoms in total. The Bertz CT molecular complexity index is 1460. The number of benzene rings is 4. The topological polar surface area (TPSA) is 23.4 Å². The molecule has 5 aromatic rings. The van der Waals surface area contributed by atoms with E-state index < -0.39 is 0 Å². The van der Waals surface area contributed by atoms with Crippen LogP contribution in [0.25, 0.3) is 33.3 Å². The molecule has 0 radical (unpaired) electrons. The van der Waals surface area contributed by atoms with E-state index in [9.17, 15) is 4.39 Å². The van der Waals surface area contributed by atoms with E-state index in [0.29, 0.717) is 0 Å². The quantitative estimate of drug-likeness (QED) is 0.253. The molecule has 5 heteroatoms. The third kappa shape index (κ3) is 4.03. The fourth-order valence-corrected chi connectivity index (χ4v) is 5.37. The maximum atomic E-state index is 14.4. The summed E-state index contributed by atoms with van der Waals surface area (Å²) in [5.74, 6) is 0.696. The van der Waals surface area contributed by atoms with Crippen molar-refractivity contribution >= 4 is 22.7 Å². The van der Waals surface area contributed by atoms with Crippen LogP contribution in [0.1, 0.15) is 0 Å². The van der Waals surface area contributed by atoms with Gasteiger partial charge in [-0.1, -0.05) is 42.1 Å². The largest absolute Gasteiger partial charge is 0.497 e. The van der Waals surface area contributed by atoms with Crippen molar-refractivity contribution in [1.82, 2.24) is 4.57 Å². The van der Waals surface area contributed by atoms with Gasteiger partial charge in [-0.2, -0.15) is 0 Å². The van der Waals surface area contributed by atoms with Crippen LogP contribution in [-0.2, 0) is 7.05 Å². The summed E-state index contributed by atoms with van der Waals surface area (Å²) >= 11 is 1.74. The maximum Gasteiger partial charge on any atom is 0.165 e. The van der Waals surface area contributed by atoms with Gasteiger partial charge in [-0.25, -0.2) is 4.39 Å². The SMILES string of the molecule is COc1ccc(-c2c(Sc3ccccc3)c3cc(-c4ccc(OC)c(F)c4)ccc3n2C)cc1. The smallest absolute Gasteiger partial charge is 0.165 e. The third-order valence-corrected chi connectivity index (χ3v) is 7.09. The predicted molar refractivity (Wildman–Crippen MR) is 137 cm³/mol. The molecule has 0 aliphatic carbocycles. The van der Waals surface area contributed by atoms with Crippen LogP contribution >= 0.6 is 11.8 Å². The fraction of sp³-hybridized carbons (Fsp3) is 0.103. The number of methoxy groups -OCH3 is 2. The number of ether oxygens (including phenoxy) is 2. The summed E-state index contributed by atoms with van der Waals surface area (Å²) < 4.78 is 27.1. The van der Waals surface area contributed by atoms with E-state index >= 15 is 0 Å². The third-order valence-electron chi connectivity index (χ3n) is 5.96. The molecule has 4 aromatic carbocycles. The van der Waals surface area contributed by atoms with Crippen LogP contribution in [-0.4, -0.2) is 18.8 Å². The van der Waals surface area contributed by atoms with Crippen LogP contribution in [0, 0.1) is 5.82 Å². The standard InChI is InChI=1S/C29H24FNO2S/c1-31-26-15-11-20(21-12-16-27(33-3)25(30)18-21)17-24(26)29(34-23-7-5-4-6-8-23)28(31)19-9-13-22(32-2)14-10-19/h4-18H,1-3H3. The molecule has 0 saturated carbocycles. The molecule has 0 saturated heterocycles. The van der Waals surface area contributed by atoms with Crippen LogP contribution in [0.4, 0.5) is 4.39 Å². The van der Waals surface area contributed by atoms with Crippen molar-refractivity contribution in [3.63, 3.8) is 0 Å². The van der Waals surface area contributed by atoms with Crippen molar-refractivity contribution < 1.29 is 13.9 Å². The summed E-state index contributed by atoms with van der Waals surface area (Å²) in [6.45, 7) is 0. The van der Waals surface area contributed by atoms with Gasteiger partial charge < -0.3 is 14.0 Å². The minimum Gasteiger partial charge on any atom is -0.497 e. The van der Waals surface area contributed by atoms with Gasteiger partial charge in [0, 0.05) is 27.7 Å². The van der Waals surface area contributed by atoms with E-state index in [4.69, 9.17) is 9.47 Å². The van der Waals surface area contributed by atoms with Gasteiger partial charge in [0.25, 0.3) is 0 Å². The first kappa shape index (κ1) is 22.1. The molecule has 0 aliphatic rings. The number of aryl methyl sites for hydroxylation is 1. The molecule has 0 aliphatic heterocycles. The summed E-state index contributed by atoms with van der Waals surface area (Å²) in [7, 11) is 5.23. The summed E-state index contributed by atoms with van der Waals surface area (Å²) in [6.07, 6.45) is 0. The van der Waals surface area contributed by atoms with E-state index in [-0.39, 0.29) is 11.6 Å². The second kappa shape index (κ2) is 9.27. The van der Waals surface area contributed by atoms with Crippen molar-refractivity contribution in [3.05, 3.63) is 96.8 Å². The van der Waals surface area contributed by atoms with E-state index in [1.54, 1.807) is 24.9 Å². The van der Waals surface area contributed by atoms with Crippen molar-refractivity contribution in [2.45, 2.75) is 9.79 Å². The summed E-state index contributed by atoms with van der Waals surface area (Å²) in [5.41, 5.74) is 5.11. The van der Waals surface area contributed by atoms with Crippen LogP contribution in [0.5, 0.6) is 11.5 Å². The fourth-order valence-electron chi connectivity index (χ4n) is 4.22. The Morgan fingerprint density at radius 2 is 1.41 bits per heavy atom. The van der Waals surface area contributed by atoms with E-state index in [0.717, 1.165) is 48.8 Å². The zero-order valence-electron chi connectivity index (χ0n) is 19.2. The summed E-state index contributed by atoms with van der Waals surface area (Å²) in [6, 6.07) is 29.9. The minimum atomic E-state index is -0.369. The molecule has 5 rings (SSSR count). The van der Waals surface area contributed by atoms with Crippen LogP contribution in [0.15, 0.2) is 101 Å². The first-order valence-electron chi connectivity index (χ1n) is 10.9. The van der Waals surface area contributed by atoms with Crippen molar-refractivity contribution in [2.75, 3.05) is 14.2 Å². The van der Waals surface area contributed by atoms with E-state index in [1.807, 2.05) is 42.5 Å². The molecule has 1 aromatic heterocycles. The van der Waals surface area contributed by atoms with Crippen LogP contribution < -0.4 is 9.47 Å². The zero-order valence-corrected chi connectivity index (χ0v) is 20.0. The Morgan fingerprint density at radius 3 is 2.09 bits per heavy atom. The molecule has 34 heavy (non-hydrogen) atoms. The highest BCUT2D eigenvalue weighted by Gasteiger charge is 2.19. The van der Waals surface area contributed by atoms with Crippen molar-refractivity contribution in [2.24, 2.45) is 7.05 Å². The lowest BCUT2D eigenvalue weighted by atomic mass is 10.0. The zero-order chi connectivity index (χ0) is 23.7. The average Bonchev–Trinajstić information content (AvgIpc) is 3.15. The van der Waals surface area contributed by atoms with Crippen molar-refractivity contribution in [3.8, 4) is 33.9 Å². The van der Waals surface area contributed by atoms with Gasteiger partial charge in [0.2, 0.25) is 0 Å². The van der Waals surface area contributed by atoms with E-state index in [2.05, 4.69) is 48.0 Å². The second-order valence-electron chi connectivity index (χ2n) is 7.96. The van der Waals surface area contributed by atoms with Gasteiger partial charge in [0.1, 0.15) is 5.75 Å². The minimum absolute atomic E-state index is 0.242. The number of nitrogens with zero attached hydrogens (tertiary/aromatic N) is 1. The highest BCUT2D eigenvalue weighted by atomic mass is 32.2. The summed E-state index contributed by atoms with van der Waals surface area (Å²) in [5, 5.41) is 1.12. The first-order chi connectivity index (χ1) is 16.6. The lowest BCUT2D eigenvalue weighted by molar-refractivity contribution is 0.386. The molecular weight excluding hydrogens is 445 g/mol. The van der Waals surface area contributed by atoms with Crippen molar-refractivity contribution in [1.29, 1.82) is 0 Å². The Kier molecular flexibility index (Phi) is 6.03. The van der Waals surface area contributed by atoms with Gasteiger partial charge in [-0.3, -0.25) is 0 Å². The average molecular weight is 470 g/mol. The van der Waals surface area contributed by atoms with Gasteiger partial charge >= 0.3 is 0 Å². The number of hydrogen-bond donors (Lipinski definition) is 0. The second-order valence-corrected chi connectivity index (χ2v) is 9.05. The lowest BCUT2D eigenvalue weighted by Gasteiger charge is -2.09. The molecular formula is C29H24FNO2S. The van der Waals surface area contributed by atoms with Gasteiger partial charge in [-0.05, 0) is 77.4 Å². The van der Waals surface area contributed by atoms with Gasteiger partial charge in [-0.15, -0.1) is 0 Å². The molecule has 0 spiro atoms. The normalized spacial score (nSPS) is 11.1. The molecule has 170 valence electrons. The molecule has 0 unspecified atom stereocenters. The Labute approximate surface area is 202 Å². The van der Waals surface area contributed by atoms with Crippen LogP contribution in [0.3, 0.4) is 0 Å². The number of rotatable bonds is 6. The molecule has 0 amide bonds. The Morgan fingerprint density at radius 1 is 0.735 bits per heavy atom. The van der Waals surface area contributed by atoms with Gasteiger partial charge in [0.05, 0.1) is 19.9 Å². The molecule has 0 atom stereocenters. The predicted octanol–water partition coefficient (Wildman–Crippen LogP) is 7.82. The number of halogens is 1. The lowest BCUT2D eigenvalue weighted by Crippen LogP contribution is -1.92. The molecule has 0 bridgehead atoms. The summed E-state index contributed by atoms with van der Waals surface area (Å²) in [4.78, 5) is 2.32. The monoisotopic (exact) mass is 469 g/mol. The number of hydrogen-bond acceptors (Lipinski definition) is 3. The highest BCUT2D eigenvalue weighted by Crippen LogP contribution is 2.44. The molecule has 0 N–H and O–H groups in total. The molecule has 0 fully saturated rings. The highest BCUT2D eigenvalue weighted by molar-refractivity contribution is 7.99. The Balaban J connectivity index is 1.71. The van der Waals surface area contributed by atoms with E-state index in [1.165, 1.54) is 13.2 Å². The van der Waals surface area contributed by atoms with Gasteiger partial charge in [0.15, 0.2) is 11.6 Å². The number of fused-ring (bicyclic) bond motifs is 1. The molecule has 1 heterocycles. The number of aromatic nitrogens is 1.